The maximum Gasteiger partial charge on any atom is 0.219 e. The van der Waals surface area contributed by atoms with Crippen LogP contribution in [0.5, 0.6) is 0 Å². The number of benzene rings is 1. The van der Waals surface area contributed by atoms with Crippen LogP contribution in [-0.4, -0.2) is 22.5 Å². The maximum absolute atomic E-state index is 12.1. The standard InChI is InChI=1S/C14H23N2O2PS/c1-3-7-12(2)10-19(17,18)11-15-14(20)16-13-8-5-4-6-9-13/h4-6,8-9,12H,3,7,10-11H2,1-2H3,(H,17,18)(H2,15,16,20). The number of nitrogens with one attached hydrogen (secondary N) is 2. The van der Waals surface area contributed by atoms with Crippen molar-refractivity contribution < 1.29 is 9.46 Å². The molecule has 0 aromatic heterocycles. The molecule has 1 aromatic rings. The summed E-state index contributed by atoms with van der Waals surface area (Å²) in [6, 6.07) is 9.48. The van der Waals surface area contributed by atoms with Gasteiger partial charge in [0.05, 0.1) is 6.29 Å². The molecule has 1 aromatic carbocycles. The third kappa shape index (κ3) is 7.04. The molecule has 6 heteroatoms. The second kappa shape index (κ2) is 8.40. The second-order valence-electron chi connectivity index (χ2n) is 5.08. The first-order chi connectivity index (χ1) is 9.43. The summed E-state index contributed by atoms with van der Waals surface area (Å²) in [5.41, 5.74) is 0.858. The molecule has 20 heavy (non-hydrogen) atoms. The topological polar surface area (TPSA) is 61.4 Å². The van der Waals surface area contributed by atoms with Crippen LogP contribution in [0, 0.1) is 5.92 Å². The van der Waals surface area contributed by atoms with Gasteiger partial charge in [0.1, 0.15) is 0 Å². The molecule has 2 unspecified atom stereocenters. The Bertz CT molecular complexity index is 468. The monoisotopic (exact) mass is 314 g/mol. The molecule has 112 valence electrons. The minimum atomic E-state index is -3.18. The van der Waals surface area contributed by atoms with Gasteiger partial charge in [0, 0.05) is 11.8 Å². The van der Waals surface area contributed by atoms with E-state index in [-0.39, 0.29) is 12.2 Å². The molecule has 0 amide bonds. The molecule has 0 bridgehead atoms. The van der Waals surface area contributed by atoms with E-state index in [0.29, 0.717) is 11.3 Å². The van der Waals surface area contributed by atoms with E-state index >= 15 is 0 Å². The van der Waals surface area contributed by atoms with Crippen molar-refractivity contribution in [3.8, 4) is 0 Å². The number of rotatable bonds is 7. The minimum absolute atomic E-state index is 0.0136. The van der Waals surface area contributed by atoms with E-state index in [1.54, 1.807) is 0 Å². The third-order valence-corrected chi connectivity index (χ3v) is 4.99. The lowest BCUT2D eigenvalue weighted by atomic mass is 10.1. The van der Waals surface area contributed by atoms with Crippen molar-refractivity contribution in [3.05, 3.63) is 30.3 Å². The lowest BCUT2D eigenvalue weighted by Crippen LogP contribution is -2.30. The molecule has 0 spiro atoms. The highest BCUT2D eigenvalue weighted by molar-refractivity contribution is 7.80. The zero-order valence-corrected chi connectivity index (χ0v) is 13.7. The molecule has 0 fully saturated rings. The fraction of sp³-hybridized carbons (Fsp3) is 0.500. The SMILES string of the molecule is CCCC(C)CP(=O)(O)CNC(=S)Nc1ccccc1. The summed E-state index contributed by atoms with van der Waals surface area (Å²) in [5.74, 6) is 0.258. The summed E-state index contributed by atoms with van der Waals surface area (Å²) in [5, 5.41) is 6.18. The van der Waals surface area contributed by atoms with Crippen LogP contribution in [0.2, 0.25) is 0 Å². The molecule has 0 aliphatic carbocycles. The molecule has 4 nitrogen and oxygen atoms in total. The van der Waals surface area contributed by atoms with Gasteiger partial charge in [-0.1, -0.05) is 44.9 Å². The summed E-state index contributed by atoms with van der Waals surface area (Å²) in [4.78, 5) is 9.93. The summed E-state index contributed by atoms with van der Waals surface area (Å²) in [7, 11) is -3.18. The average molecular weight is 314 g/mol. The summed E-state index contributed by atoms with van der Waals surface area (Å²) in [6.45, 7) is 4.09. The Morgan fingerprint density at radius 2 is 2.05 bits per heavy atom. The van der Waals surface area contributed by atoms with Gasteiger partial charge in [0.2, 0.25) is 7.37 Å². The Hall–Kier alpha value is -0.900. The number of para-hydroxylation sites is 1. The second-order valence-corrected chi connectivity index (χ2v) is 7.86. The normalized spacial score (nSPS) is 15.2. The molecule has 0 saturated heterocycles. The van der Waals surface area contributed by atoms with Gasteiger partial charge in [-0.05, 0) is 30.3 Å². The number of hydrogen-bond acceptors (Lipinski definition) is 2. The molecule has 1 rings (SSSR count). The molecular formula is C14H23N2O2PS. The summed E-state index contributed by atoms with van der Waals surface area (Å²) < 4.78 is 12.1. The third-order valence-electron chi connectivity index (χ3n) is 2.90. The van der Waals surface area contributed by atoms with Crippen molar-refractivity contribution in [1.82, 2.24) is 5.32 Å². The zero-order valence-electron chi connectivity index (χ0n) is 12.0. The number of hydrogen-bond donors (Lipinski definition) is 3. The van der Waals surface area contributed by atoms with E-state index in [1.165, 1.54) is 0 Å². The Morgan fingerprint density at radius 1 is 1.40 bits per heavy atom. The molecule has 3 N–H and O–H groups in total. The van der Waals surface area contributed by atoms with Gasteiger partial charge >= 0.3 is 0 Å². The molecular weight excluding hydrogens is 291 g/mol. The Balaban J connectivity index is 2.38. The summed E-state index contributed by atoms with van der Waals surface area (Å²) >= 11 is 5.11. The van der Waals surface area contributed by atoms with E-state index in [2.05, 4.69) is 17.6 Å². The lowest BCUT2D eigenvalue weighted by Gasteiger charge is -2.18. The van der Waals surface area contributed by atoms with Crippen molar-refractivity contribution in [1.29, 1.82) is 0 Å². The van der Waals surface area contributed by atoms with Gasteiger partial charge < -0.3 is 15.5 Å². The van der Waals surface area contributed by atoms with Crippen LogP contribution in [0.3, 0.4) is 0 Å². The maximum atomic E-state index is 12.1. The van der Waals surface area contributed by atoms with Crippen LogP contribution < -0.4 is 10.6 Å². The molecule has 0 heterocycles. The van der Waals surface area contributed by atoms with Gasteiger partial charge in [-0.3, -0.25) is 4.57 Å². The Morgan fingerprint density at radius 3 is 2.65 bits per heavy atom. The van der Waals surface area contributed by atoms with Crippen LogP contribution in [-0.2, 0) is 4.57 Å². The van der Waals surface area contributed by atoms with Crippen molar-refractivity contribution in [3.63, 3.8) is 0 Å². The molecule has 2 atom stereocenters. The van der Waals surface area contributed by atoms with Gasteiger partial charge in [0.25, 0.3) is 0 Å². The van der Waals surface area contributed by atoms with E-state index < -0.39 is 7.37 Å². The van der Waals surface area contributed by atoms with Crippen LogP contribution in [0.4, 0.5) is 5.69 Å². The van der Waals surface area contributed by atoms with E-state index in [0.717, 1.165) is 18.5 Å². The average Bonchev–Trinajstić information content (AvgIpc) is 2.37. The van der Waals surface area contributed by atoms with Crippen LogP contribution in [0.15, 0.2) is 30.3 Å². The van der Waals surface area contributed by atoms with Gasteiger partial charge in [-0.25, -0.2) is 0 Å². The predicted octanol–water partition coefficient (Wildman–Crippen LogP) is 3.64. The molecule has 0 saturated carbocycles. The summed E-state index contributed by atoms with van der Waals surface area (Å²) in [6.07, 6.45) is 2.35. The van der Waals surface area contributed by atoms with E-state index in [1.807, 2.05) is 37.3 Å². The van der Waals surface area contributed by atoms with Crippen LogP contribution in [0.25, 0.3) is 0 Å². The van der Waals surface area contributed by atoms with Gasteiger partial charge in [-0.15, -0.1) is 0 Å². The Kier molecular flexibility index (Phi) is 7.20. The van der Waals surface area contributed by atoms with Gasteiger partial charge in [-0.2, -0.15) is 0 Å². The van der Waals surface area contributed by atoms with Crippen molar-refractivity contribution >= 4 is 30.4 Å². The predicted molar refractivity (Wildman–Crippen MR) is 89.4 cm³/mol. The van der Waals surface area contributed by atoms with Crippen molar-refractivity contribution in [2.24, 2.45) is 5.92 Å². The van der Waals surface area contributed by atoms with Crippen LogP contribution in [0.1, 0.15) is 26.7 Å². The quantitative estimate of drug-likeness (QED) is 0.530. The first kappa shape index (κ1) is 17.2. The first-order valence-electron chi connectivity index (χ1n) is 6.83. The fourth-order valence-electron chi connectivity index (χ4n) is 2.03. The smallest absolute Gasteiger partial charge is 0.219 e. The van der Waals surface area contributed by atoms with Crippen LogP contribution >= 0.6 is 19.6 Å². The Labute approximate surface area is 126 Å². The highest BCUT2D eigenvalue weighted by Crippen LogP contribution is 2.41. The lowest BCUT2D eigenvalue weighted by molar-refractivity contribution is 0.456. The highest BCUT2D eigenvalue weighted by Gasteiger charge is 2.21. The highest BCUT2D eigenvalue weighted by atomic mass is 32.1. The van der Waals surface area contributed by atoms with E-state index in [4.69, 9.17) is 12.2 Å². The molecule has 0 aliphatic rings. The molecule has 0 radical (unpaired) electrons. The van der Waals surface area contributed by atoms with E-state index in [9.17, 15) is 9.46 Å². The zero-order chi connectivity index (χ0) is 15.0. The molecule has 0 aliphatic heterocycles. The van der Waals surface area contributed by atoms with Crippen molar-refractivity contribution in [2.75, 3.05) is 17.8 Å². The fourth-order valence-corrected chi connectivity index (χ4v) is 4.02. The number of thiocarbonyl (C=S) groups is 1. The largest absolute Gasteiger partial charge is 0.353 e. The minimum Gasteiger partial charge on any atom is -0.353 e. The van der Waals surface area contributed by atoms with Gasteiger partial charge in [0.15, 0.2) is 5.11 Å². The first-order valence-corrected chi connectivity index (χ1v) is 9.27. The van der Waals surface area contributed by atoms with Crippen molar-refractivity contribution in [2.45, 2.75) is 26.7 Å². The number of anilines is 1.